The third-order valence-corrected chi connectivity index (χ3v) is 15.9. The average Bonchev–Trinajstić information content (AvgIpc) is 4.12. The van der Waals surface area contributed by atoms with Crippen LogP contribution in [0.4, 0.5) is 11.6 Å². The first-order valence-corrected chi connectivity index (χ1v) is 26.0. The molecule has 0 bridgehead atoms. The van der Waals surface area contributed by atoms with Gasteiger partial charge in [-0.3, -0.25) is 18.7 Å². The van der Waals surface area contributed by atoms with Crippen LogP contribution >= 0.6 is 15.2 Å². The van der Waals surface area contributed by atoms with Gasteiger partial charge in [-0.2, -0.15) is 20.7 Å². The normalized spacial score (nSPS) is 25.7. The number of hydrogen-bond donors (Lipinski definition) is 8. The minimum absolute atomic E-state index is 0. The van der Waals surface area contributed by atoms with E-state index in [1.807, 2.05) is 26.0 Å². The number of aromatic nitrogens is 6. The first kappa shape index (κ1) is 61.4. The number of carboxylic acid groups (broad SMARTS) is 1. The summed E-state index contributed by atoms with van der Waals surface area (Å²) in [5, 5.41) is 79.8. The van der Waals surface area contributed by atoms with Crippen LogP contribution in [0.3, 0.4) is 0 Å². The molecule has 5 aromatic rings. The Morgan fingerprint density at radius 2 is 1.26 bits per heavy atom. The summed E-state index contributed by atoms with van der Waals surface area (Å²) in [7, 11) is -8.40. The molecule has 0 amide bonds. The van der Waals surface area contributed by atoms with Gasteiger partial charge in [0.1, 0.15) is 78.2 Å². The topological polar surface area (TPSA) is 435 Å². The molecule has 12 atom stereocenters. The van der Waals surface area contributed by atoms with Gasteiger partial charge in [-0.25, -0.2) is 23.6 Å². The van der Waals surface area contributed by atoms with Crippen LogP contribution < -0.4 is 45.5 Å². The number of aliphatic hydroxyl groups excluding tert-OH is 4. The summed E-state index contributed by atoms with van der Waals surface area (Å²) in [4.78, 5) is 41.2. The number of nitrogens with two attached hydrogens (primary N) is 2. The molecule has 2 aliphatic heterocycles. The molecule has 4 aromatic heterocycles. The number of carbonyl (C=O) groups is 2. The van der Waals surface area contributed by atoms with Crippen LogP contribution in [0, 0.1) is 40.4 Å². The Labute approximate surface area is 445 Å². The summed E-state index contributed by atoms with van der Waals surface area (Å²) in [5.74, 6) is -3.08. The minimum atomic E-state index is -4.34. The number of benzene rings is 1. The molecule has 0 spiro atoms. The maximum absolute atomic E-state index is 14.0. The molecule has 1 aromatic carbocycles. The number of esters is 1. The number of nitrogen functional groups attached to an aromatic ring is 2. The number of nitrogens with zero attached hydrogens (tertiary/aromatic N) is 8. The van der Waals surface area contributed by atoms with Gasteiger partial charge in [-0.1, -0.05) is 58.7 Å². The molecule has 74 heavy (non-hydrogen) atoms. The number of ether oxygens (including phenoxy) is 3. The molecule has 7 rings (SSSR count). The molecule has 6 heterocycles. The van der Waals surface area contributed by atoms with E-state index in [1.165, 1.54) is 40.5 Å². The molecule has 2 saturated heterocycles. The van der Waals surface area contributed by atoms with E-state index < -0.39 is 106 Å². The van der Waals surface area contributed by atoms with Crippen LogP contribution in [0.25, 0.3) is 11.0 Å². The summed E-state index contributed by atoms with van der Waals surface area (Å²) in [6.07, 6.45) is -6.32. The number of para-hydroxylation sites is 1. The number of aliphatic hydroxyl groups is 4. The molecule has 1 unspecified atom stereocenters. The number of carbonyl (C=O) groups excluding carboxylic acids is 1. The van der Waals surface area contributed by atoms with Gasteiger partial charge in [0.2, 0.25) is 11.2 Å². The molecule has 0 aliphatic carbocycles. The second-order valence-electron chi connectivity index (χ2n) is 17.3. The average molecular weight is 1080 g/mol. The standard InChI is InChI=1S/C28H36N5O8P.C16H20N5O8P.Na.H2O/c1-4-19(5-2)13-38-27(36)18(3)15-42(37,41-20-9-7-6-8-10-20)39-14-22-24(34)25(35)28(16-29,40-22)23-12-11-21-26(30)31-17-32-33(21)23;1-8(15(24)25)5-30(26,27)28-4-10-12(22)13(23)16(6-17,29-10)11-3-2-9-14(18)19-7-20-21(9)11;;/h6-12,17-19,22,24-25,34-35H,4-5,13-15H2,1-3H3,(H2,30,31,32);2-3,7-8,10,12-13,22-23H,4-5H2,1H3,(H,24,25)(H,26,27)(H2,18,19,20);;1H2/q;;+1;/p-1/t18-,22-,24-,25-,28+,42+;8-,10-,12-,13-,16+;;/m11../s1. The number of anilines is 2. The fraction of sp³-hybridized carbons (Fsp3) is 0.500. The number of nitriles is 2. The third kappa shape index (κ3) is 13.1. The van der Waals surface area contributed by atoms with Gasteiger partial charge >= 0.3 is 56.7 Å². The van der Waals surface area contributed by atoms with Crippen molar-refractivity contribution in [2.24, 2.45) is 17.8 Å². The number of hydrogen-bond acceptors (Lipinski definition) is 23. The van der Waals surface area contributed by atoms with Crippen molar-refractivity contribution in [2.75, 3.05) is 43.6 Å². The quantitative estimate of drug-likeness (QED) is 0.0262. The summed E-state index contributed by atoms with van der Waals surface area (Å²) >= 11 is 0. The maximum Gasteiger partial charge on any atom is 1.00 e. The smallest absolute Gasteiger partial charge is 0.870 e. The Kier molecular flexibility index (Phi) is 21.2. The Hall–Kier alpha value is -5.16. The van der Waals surface area contributed by atoms with Gasteiger partial charge < -0.3 is 70.6 Å². The zero-order chi connectivity index (χ0) is 52.8. The summed E-state index contributed by atoms with van der Waals surface area (Å²) < 4.78 is 62.1. The van der Waals surface area contributed by atoms with Crippen LogP contribution in [-0.4, -0.2) is 146 Å². The fourth-order valence-electron chi connectivity index (χ4n) is 7.99. The number of aliphatic carboxylic acids is 1. The van der Waals surface area contributed by atoms with E-state index in [0.717, 1.165) is 19.2 Å². The molecule has 396 valence electrons. The van der Waals surface area contributed by atoms with Crippen LogP contribution in [0.15, 0.2) is 67.3 Å². The largest absolute Gasteiger partial charge is 1.00 e. The van der Waals surface area contributed by atoms with Crippen molar-refractivity contribution in [1.29, 1.82) is 10.5 Å². The Balaban J connectivity index is 0.000000329. The van der Waals surface area contributed by atoms with Crippen molar-refractivity contribution < 1.29 is 112 Å². The van der Waals surface area contributed by atoms with Gasteiger partial charge in [-0.05, 0) is 42.3 Å². The van der Waals surface area contributed by atoms with E-state index in [1.54, 1.807) is 43.3 Å². The van der Waals surface area contributed by atoms with E-state index in [4.69, 9.17) is 44.4 Å². The molecule has 0 saturated carbocycles. The summed E-state index contributed by atoms with van der Waals surface area (Å²) in [6.45, 7) is 5.90. The van der Waals surface area contributed by atoms with Gasteiger partial charge in [0.05, 0.1) is 55.4 Å². The second kappa shape index (κ2) is 25.6. The van der Waals surface area contributed by atoms with Crippen molar-refractivity contribution in [3.63, 3.8) is 0 Å². The van der Waals surface area contributed by atoms with Crippen molar-refractivity contribution in [2.45, 2.75) is 88.4 Å². The van der Waals surface area contributed by atoms with E-state index in [0.29, 0.717) is 11.0 Å². The molecular weight excluding hydrogens is 1030 g/mol. The van der Waals surface area contributed by atoms with Gasteiger partial charge in [0, 0.05) is 0 Å². The molecule has 27 nitrogen and oxygen atoms in total. The first-order valence-electron chi connectivity index (χ1n) is 22.5. The van der Waals surface area contributed by atoms with Crippen molar-refractivity contribution in [3.8, 4) is 17.9 Å². The monoisotopic (exact) mass is 1080 g/mol. The molecule has 30 heteroatoms. The zero-order valence-corrected chi connectivity index (χ0v) is 44.6. The fourth-order valence-corrected chi connectivity index (χ4v) is 11.2. The predicted molar refractivity (Wildman–Crippen MR) is 252 cm³/mol. The molecular formula is C44H57N10NaO17P2. The second-order valence-corrected chi connectivity index (χ2v) is 21.2. The number of fused-ring (bicyclic) bond motifs is 2. The van der Waals surface area contributed by atoms with Crippen LogP contribution in [0.2, 0.25) is 0 Å². The van der Waals surface area contributed by atoms with Gasteiger partial charge in [0.15, 0.2) is 11.6 Å². The third-order valence-electron chi connectivity index (χ3n) is 12.3. The minimum Gasteiger partial charge on any atom is -0.870 e. The van der Waals surface area contributed by atoms with Gasteiger partial charge in [-0.15, -0.1) is 0 Å². The molecule has 2 fully saturated rings. The Morgan fingerprint density at radius 1 is 0.784 bits per heavy atom. The maximum atomic E-state index is 14.0. The SMILES string of the molecule is CCC(CC)COC(=O)[C@H](C)C[P@](=O)(OC[C@H]1O[C@@](C#N)(c2ccc3c(N)ncnn23)[C@H](O)[C@@H]1O)Oc1ccccc1.C[C@H](CP(=O)(O)OC[C@H]1O[C@@](C#N)(c2ccc3c(N)ncnn23)[C@H](O)[C@@H]1O)C(=O)O.[Na+].[OH-]. The number of carboxylic acids is 1. The van der Waals surface area contributed by atoms with E-state index in [-0.39, 0.29) is 82.5 Å². The van der Waals surface area contributed by atoms with Gasteiger partial charge in [0.25, 0.3) is 0 Å². The molecule has 0 radical (unpaired) electrons. The zero-order valence-electron chi connectivity index (χ0n) is 40.8. The molecule has 2 aliphatic rings. The summed E-state index contributed by atoms with van der Waals surface area (Å²) in [6, 6.07) is 18.1. The van der Waals surface area contributed by atoms with Crippen molar-refractivity contribution in [3.05, 3.63) is 78.6 Å². The predicted octanol–water partition coefficient (Wildman–Crippen LogP) is -1.04. The van der Waals surface area contributed by atoms with E-state index in [2.05, 4.69) is 20.2 Å². The van der Waals surface area contributed by atoms with Crippen LogP contribution in [0.1, 0.15) is 51.9 Å². The van der Waals surface area contributed by atoms with Crippen LogP contribution in [0.5, 0.6) is 5.75 Å². The number of rotatable bonds is 20. The van der Waals surface area contributed by atoms with Crippen molar-refractivity contribution >= 4 is 49.8 Å². The van der Waals surface area contributed by atoms with Crippen molar-refractivity contribution in [1.82, 2.24) is 29.2 Å². The Bertz CT molecular complexity index is 2900. The van der Waals surface area contributed by atoms with E-state index in [9.17, 15) is 54.6 Å². The summed E-state index contributed by atoms with van der Waals surface area (Å²) in [5.41, 5.74) is 8.43. The van der Waals surface area contributed by atoms with E-state index >= 15 is 0 Å². The van der Waals surface area contributed by atoms with Crippen LogP contribution in [-0.2, 0) is 53.2 Å². The Morgan fingerprint density at radius 3 is 1.70 bits per heavy atom. The molecule has 11 N–H and O–H groups in total. The first-order chi connectivity index (χ1) is 34.1.